The van der Waals surface area contributed by atoms with Gasteiger partial charge in [0.05, 0.1) is 25.6 Å². The van der Waals surface area contributed by atoms with E-state index in [-0.39, 0.29) is 17.7 Å². The Labute approximate surface area is 117 Å². The predicted octanol–water partition coefficient (Wildman–Crippen LogP) is 1.72. The summed E-state index contributed by atoms with van der Waals surface area (Å²) in [6, 6.07) is 7.36. The molecule has 2 atom stereocenters. The maximum atomic E-state index is 12.1. The van der Waals surface area contributed by atoms with Crippen LogP contribution in [0.2, 0.25) is 0 Å². The molecule has 1 heterocycles. The number of Topliss-reactive ketones (excluding diaryl/α,β-unsaturated/α-hetero) is 1. The number of amides is 1. The lowest BCUT2D eigenvalue weighted by Crippen LogP contribution is -2.33. The Bertz CT molecular complexity index is 618. The van der Waals surface area contributed by atoms with E-state index in [2.05, 4.69) is 0 Å². The van der Waals surface area contributed by atoms with E-state index in [1.165, 1.54) is 0 Å². The topological polar surface area (TPSA) is 46.6 Å². The Morgan fingerprint density at radius 3 is 2.70 bits per heavy atom. The maximum Gasteiger partial charge on any atom is 0.291 e. The van der Waals surface area contributed by atoms with Gasteiger partial charge < -0.3 is 9.64 Å². The molecule has 1 aliphatic carbocycles. The third-order valence-electron chi connectivity index (χ3n) is 3.77. The van der Waals surface area contributed by atoms with Crippen molar-refractivity contribution < 1.29 is 14.3 Å². The summed E-state index contributed by atoms with van der Waals surface area (Å²) in [5.74, 6) is -0.360. The third-order valence-corrected chi connectivity index (χ3v) is 3.77. The quantitative estimate of drug-likeness (QED) is 0.785. The Kier molecular flexibility index (Phi) is 3.14. The first-order valence-electron chi connectivity index (χ1n) is 6.54. The lowest BCUT2D eigenvalue weighted by Gasteiger charge is -2.25. The molecule has 1 saturated heterocycles. The smallest absolute Gasteiger partial charge is 0.291 e. The number of fused-ring (bicyclic) bond motifs is 1. The molecule has 1 fully saturated rings. The van der Waals surface area contributed by atoms with E-state index < -0.39 is 5.91 Å². The van der Waals surface area contributed by atoms with Gasteiger partial charge in [-0.3, -0.25) is 9.59 Å². The highest BCUT2D eigenvalue weighted by Gasteiger charge is 2.45. The van der Waals surface area contributed by atoms with E-state index in [1.807, 2.05) is 42.5 Å². The minimum atomic E-state index is -0.415. The van der Waals surface area contributed by atoms with Crippen LogP contribution in [0.3, 0.4) is 0 Å². The molecule has 1 aromatic rings. The number of para-hydroxylation sites is 1. The van der Waals surface area contributed by atoms with Crippen LogP contribution in [0.15, 0.2) is 48.6 Å². The van der Waals surface area contributed by atoms with Gasteiger partial charge in [-0.2, -0.15) is 0 Å². The predicted molar refractivity (Wildman–Crippen MR) is 74.1 cm³/mol. The molecule has 1 amide bonds. The highest BCUT2D eigenvalue weighted by molar-refractivity contribution is 6.39. The molecule has 2 aliphatic rings. The second kappa shape index (κ2) is 4.96. The number of hydrogen-bond donors (Lipinski definition) is 0. The number of carbonyl (C=O) groups is 2. The van der Waals surface area contributed by atoms with Gasteiger partial charge in [-0.25, -0.2) is 0 Å². The molecule has 3 rings (SSSR count). The minimum Gasteiger partial charge on any atom is -0.496 e. The highest BCUT2D eigenvalue weighted by atomic mass is 16.5. The van der Waals surface area contributed by atoms with Crippen molar-refractivity contribution in [3.8, 4) is 5.75 Å². The average molecular weight is 269 g/mol. The van der Waals surface area contributed by atoms with Gasteiger partial charge >= 0.3 is 0 Å². The standard InChI is InChI=1S/C16H15NO3/c1-20-14-9-5-2-6-11(14)10-17-13-8-4-3-7-12(13)15(18)16(17)19/h2-9,12-13H,10H2,1H3. The van der Waals surface area contributed by atoms with E-state index in [4.69, 9.17) is 4.74 Å². The molecule has 0 saturated carbocycles. The van der Waals surface area contributed by atoms with Gasteiger partial charge in [0.25, 0.3) is 5.91 Å². The molecule has 0 radical (unpaired) electrons. The molecule has 2 unspecified atom stereocenters. The Morgan fingerprint density at radius 1 is 1.15 bits per heavy atom. The summed E-state index contributed by atoms with van der Waals surface area (Å²) in [6.07, 6.45) is 7.40. The number of carbonyl (C=O) groups excluding carboxylic acids is 2. The zero-order valence-electron chi connectivity index (χ0n) is 11.2. The van der Waals surface area contributed by atoms with Crippen LogP contribution in [-0.2, 0) is 16.1 Å². The summed E-state index contributed by atoms with van der Waals surface area (Å²) in [5, 5.41) is 0. The van der Waals surface area contributed by atoms with Crippen molar-refractivity contribution in [2.75, 3.05) is 7.11 Å². The zero-order valence-corrected chi connectivity index (χ0v) is 11.2. The van der Waals surface area contributed by atoms with E-state index >= 15 is 0 Å². The van der Waals surface area contributed by atoms with Gasteiger partial charge in [0.15, 0.2) is 0 Å². The maximum absolute atomic E-state index is 12.1. The largest absolute Gasteiger partial charge is 0.496 e. The number of hydrogen-bond acceptors (Lipinski definition) is 3. The molecular formula is C16H15NO3. The van der Waals surface area contributed by atoms with Crippen LogP contribution in [0, 0.1) is 5.92 Å². The lowest BCUT2D eigenvalue weighted by atomic mass is 9.95. The van der Waals surface area contributed by atoms with Crippen molar-refractivity contribution in [2.24, 2.45) is 5.92 Å². The molecule has 0 spiro atoms. The normalized spacial score (nSPS) is 24.1. The second-order valence-corrected chi connectivity index (χ2v) is 4.90. The van der Waals surface area contributed by atoms with Crippen LogP contribution in [0.1, 0.15) is 5.56 Å². The fourth-order valence-electron chi connectivity index (χ4n) is 2.75. The van der Waals surface area contributed by atoms with E-state index in [0.717, 1.165) is 11.3 Å². The van der Waals surface area contributed by atoms with Crippen LogP contribution in [0.4, 0.5) is 0 Å². The number of nitrogens with zero attached hydrogens (tertiary/aromatic N) is 1. The molecule has 0 aromatic heterocycles. The van der Waals surface area contributed by atoms with Crippen molar-refractivity contribution >= 4 is 11.7 Å². The first kappa shape index (κ1) is 12.7. The van der Waals surface area contributed by atoms with Crippen molar-refractivity contribution in [2.45, 2.75) is 12.6 Å². The zero-order chi connectivity index (χ0) is 14.1. The van der Waals surface area contributed by atoms with Crippen molar-refractivity contribution in [3.63, 3.8) is 0 Å². The number of likely N-dealkylation sites (tertiary alicyclic amines) is 1. The summed E-state index contributed by atoms with van der Waals surface area (Å²) in [5.41, 5.74) is 0.903. The van der Waals surface area contributed by atoms with Crippen LogP contribution >= 0.6 is 0 Å². The van der Waals surface area contributed by atoms with Crippen LogP contribution in [-0.4, -0.2) is 29.7 Å². The molecule has 0 N–H and O–H groups in total. The molecule has 20 heavy (non-hydrogen) atoms. The number of methoxy groups -OCH3 is 1. The van der Waals surface area contributed by atoms with Crippen molar-refractivity contribution in [3.05, 3.63) is 54.1 Å². The first-order valence-corrected chi connectivity index (χ1v) is 6.54. The van der Waals surface area contributed by atoms with Crippen LogP contribution < -0.4 is 4.74 Å². The minimum absolute atomic E-state index is 0.176. The molecule has 4 heteroatoms. The van der Waals surface area contributed by atoms with Gasteiger partial charge in [-0.05, 0) is 6.07 Å². The van der Waals surface area contributed by atoms with E-state index in [0.29, 0.717) is 6.54 Å². The summed E-state index contributed by atoms with van der Waals surface area (Å²) in [6.45, 7) is 0.383. The summed E-state index contributed by atoms with van der Waals surface area (Å²) in [4.78, 5) is 25.7. The number of benzene rings is 1. The van der Waals surface area contributed by atoms with Crippen LogP contribution in [0.25, 0.3) is 0 Å². The summed E-state index contributed by atoms with van der Waals surface area (Å²) >= 11 is 0. The summed E-state index contributed by atoms with van der Waals surface area (Å²) in [7, 11) is 1.60. The van der Waals surface area contributed by atoms with E-state index in [9.17, 15) is 9.59 Å². The second-order valence-electron chi connectivity index (χ2n) is 4.90. The molecule has 1 aliphatic heterocycles. The van der Waals surface area contributed by atoms with Gasteiger partial charge in [0.1, 0.15) is 5.75 Å². The monoisotopic (exact) mass is 269 g/mol. The van der Waals surface area contributed by atoms with E-state index in [1.54, 1.807) is 18.1 Å². The van der Waals surface area contributed by atoms with Gasteiger partial charge in [0.2, 0.25) is 5.78 Å². The Morgan fingerprint density at radius 2 is 1.90 bits per heavy atom. The number of ketones is 1. The third kappa shape index (κ3) is 1.93. The fourth-order valence-corrected chi connectivity index (χ4v) is 2.75. The first-order chi connectivity index (χ1) is 9.72. The highest BCUT2D eigenvalue weighted by Crippen LogP contribution is 2.30. The van der Waals surface area contributed by atoms with Gasteiger partial charge in [-0.15, -0.1) is 0 Å². The SMILES string of the molecule is COc1ccccc1CN1C(=O)C(=O)C2C=CC=CC21. The van der Waals surface area contributed by atoms with Crippen LogP contribution in [0.5, 0.6) is 5.75 Å². The van der Waals surface area contributed by atoms with Crippen molar-refractivity contribution in [1.29, 1.82) is 0 Å². The number of rotatable bonds is 3. The number of allylic oxidation sites excluding steroid dienone is 2. The van der Waals surface area contributed by atoms with Crippen molar-refractivity contribution in [1.82, 2.24) is 4.90 Å². The molecule has 0 bridgehead atoms. The van der Waals surface area contributed by atoms with Gasteiger partial charge in [-0.1, -0.05) is 42.5 Å². The Balaban J connectivity index is 1.90. The molecule has 102 valence electrons. The lowest BCUT2D eigenvalue weighted by molar-refractivity contribution is -0.141. The fraction of sp³-hybridized carbons (Fsp3) is 0.250. The molecule has 4 nitrogen and oxygen atoms in total. The average Bonchev–Trinajstić information content (AvgIpc) is 2.73. The molecular weight excluding hydrogens is 254 g/mol. The number of ether oxygens (including phenoxy) is 1. The molecule has 1 aromatic carbocycles. The summed E-state index contributed by atoms with van der Waals surface area (Å²) < 4.78 is 5.30. The Hall–Kier alpha value is -2.36. The van der Waals surface area contributed by atoms with Gasteiger partial charge in [0, 0.05) is 5.56 Å².